The number of non-ortho nitro benzene ring substituents is 1. The molecule has 0 unspecified atom stereocenters. The fourth-order valence-corrected chi connectivity index (χ4v) is 2.90. The summed E-state index contributed by atoms with van der Waals surface area (Å²) in [5, 5.41) is 10.6. The molecule has 0 bridgehead atoms. The number of nitro groups is 1. The summed E-state index contributed by atoms with van der Waals surface area (Å²) in [5.41, 5.74) is 5.79. The van der Waals surface area contributed by atoms with Crippen molar-refractivity contribution < 1.29 is 19.2 Å². The molecule has 0 aliphatic carbocycles. The number of nitrogens with zero attached hydrogens (tertiary/aromatic N) is 2. The number of rotatable bonds is 5. The SMILES string of the molecule is NC(=O)C[C@@H]1C[C@H](S)CN1C(=O)OCc1ccc([N+](=O)[O-])cc1. The fraction of sp³-hybridized carbons (Fsp3) is 0.429. The Kier molecular flexibility index (Phi) is 5.43. The highest BCUT2D eigenvalue weighted by molar-refractivity contribution is 7.81. The molecule has 1 aromatic carbocycles. The Morgan fingerprint density at radius 1 is 1.39 bits per heavy atom. The first kappa shape index (κ1) is 17.1. The van der Waals surface area contributed by atoms with Gasteiger partial charge in [0, 0.05) is 36.4 Å². The van der Waals surface area contributed by atoms with E-state index >= 15 is 0 Å². The van der Waals surface area contributed by atoms with Crippen LogP contribution >= 0.6 is 12.6 Å². The van der Waals surface area contributed by atoms with Gasteiger partial charge in [-0.2, -0.15) is 12.6 Å². The summed E-state index contributed by atoms with van der Waals surface area (Å²) < 4.78 is 5.20. The predicted octanol–water partition coefficient (Wildman–Crippen LogP) is 1.48. The van der Waals surface area contributed by atoms with Crippen molar-refractivity contribution in [3.05, 3.63) is 39.9 Å². The van der Waals surface area contributed by atoms with E-state index in [1.54, 1.807) is 0 Å². The van der Waals surface area contributed by atoms with Crippen LogP contribution in [0, 0.1) is 10.1 Å². The van der Waals surface area contributed by atoms with Crippen molar-refractivity contribution in [2.24, 2.45) is 5.73 Å². The van der Waals surface area contributed by atoms with E-state index in [0.29, 0.717) is 18.5 Å². The molecule has 0 saturated carbocycles. The molecule has 1 aliphatic heterocycles. The molecule has 2 amide bonds. The van der Waals surface area contributed by atoms with Gasteiger partial charge in [-0.1, -0.05) is 0 Å². The summed E-state index contributed by atoms with van der Waals surface area (Å²) in [6, 6.07) is 5.44. The van der Waals surface area contributed by atoms with Gasteiger partial charge in [-0.25, -0.2) is 4.79 Å². The summed E-state index contributed by atoms with van der Waals surface area (Å²) >= 11 is 4.33. The minimum Gasteiger partial charge on any atom is -0.445 e. The Balaban J connectivity index is 1.92. The molecule has 1 fully saturated rings. The molecular weight excluding hydrogens is 322 g/mol. The third-order valence-electron chi connectivity index (χ3n) is 3.57. The van der Waals surface area contributed by atoms with Crippen LogP contribution in [0.1, 0.15) is 18.4 Å². The van der Waals surface area contributed by atoms with Gasteiger partial charge in [-0.15, -0.1) is 0 Å². The molecule has 2 rings (SSSR count). The van der Waals surface area contributed by atoms with Crippen molar-refractivity contribution in [3.63, 3.8) is 0 Å². The van der Waals surface area contributed by atoms with Gasteiger partial charge < -0.3 is 15.4 Å². The predicted molar refractivity (Wildman–Crippen MR) is 85.0 cm³/mol. The number of nitrogens with two attached hydrogens (primary N) is 1. The molecule has 0 aromatic heterocycles. The first-order valence-corrected chi connectivity index (χ1v) is 7.51. The number of hydrogen-bond donors (Lipinski definition) is 2. The summed E-state index contributed by atoms with van der Waals surface area (Å²) in [6.07, 6.45) is 0.105. The first-order valence-electron chi connectivity index (χ1n) is 7.00. The molecule has 124 valence electrons. The Morgan fingerprint density at radius 2 is 2.04 bits per heavy atom. The molecule has 9 heteroatoms. The highest BCUT2D eigenvalue weighted by Gasteiger charge is 2.35. The number of ether oxygens (including phenoxy) is 1. The second-order valence-corrected chi connectivity index (χ2v) is 6.07. The normalized spacial score (nSPS) is 20.3. The zero-order chi connectivity index (χ0) is 17.0. The van der Waals surface area contributed by atoms with Gasteiger partial charge in [0.2, 0.25) is 5.91 Å². The Bertz CT molecular complexity index is 607. The van der Waals surface area contributed by atoms with Crippen LogP contribution in [0.5, 0.6) is 0 Å². The Hall–Kier alpha value is -2.29. The van der Waals surface area contributed by atoms with E-state index in [-0.39, 0.29) is 30.0 Å². The molecule has 0 radical (unpaired) electrons. The average molecular weight is 339 g/mol. The van der Waals surface area contributed by atoms with Gasteiger partial charge in [-0.05, 0) is 24.1 Å². The van der Waals surface area contributed by atoms with Crippen molar-refractivity contribution in [2.75, 3.05) is 6.54 Å². The van der Waals surface area contributed by atoms with Crippen LogP contribution in [-0.2, 0) is 16.1 Å². The number of nitro benzene ring substituents is 1. The number of thiol groups is 1. The third kappa shape index (κ3) is 4.59. The molecule has 2 atom stereocenters. The quantitative estimate of drug-likeness (QED) is 0.479. The summed E-state index contributed by atoms with van der Waals surface area (Å²) in [5.74, 6) is -0.481. The van der Waals surface area contributed by atoms with E-state index in [2.05, 4.69) is 12.6 Å². The number of carbonyl (C=O) groups excluding carboxylic acids is 2. The second kappa shape index (κ2) is 7.32. The van der Waals surface area contributed by atoms with E-state index in [4.69, 9.17) is 10.5 Å². The highest BCUT2D eigenvalue weighted by atomic mass is 32.1. The molecule has 1 aliphatic rings. The maximum absolute atomic E-state index is 12.1. The van der Waals surface area contributed by atoms with Gasteiger partial charge in [0.1, 0.15) is 6.61 Å². The monoisotopic (exact) mass is 339 g/mol. The van der Waals surface area contributed by atoms with E-state index in [1.807, 2.05) is 0 Å². The molecular formula is C14H17N3O5S. The lowest BCUT2D eigenvalue weighted by Gasteiger charge is -2.22. The van der Waals surface area contributed by atoms with Crippen LogP contribution in [0.2, 0.25) is 0 Å². The largest absolute Gasteiger partial charge is 0.445 e. The van der Waals surface area contributed by atoms with Crippen LogP contribution < -0.4 is 5.73 Å². The van der Waals surface area contributed by atoms with Crippen molar-refractivity contribution in [1.29, 1.82) is 0 Å². The second-order valence-electron chi connectivity index (χ2n) is 5.34. The number of amides is 2. The summed E-state index contributed by atoms with van der Waals surface area (Å²) in [6.45, 7) is 0.383. The van der Waals surface area contributed by atoms with E-state index in [9.17, 15) is 19.7 Å². The fourth-order valence-electron chi connectivity index (χ4n) is 2.48. The van der Waals surface area contributed by atoms with Crippen LogP contribution in [0.3, 0.4) is 0 Å². The van der Waals surface area contributed by atoms with Crippen LogP contribution in [0.25, 0.3) is 0 Å². The lowest BCUT2D eigenvalue weighted by molar-refractivity contribution is -0.384. The van der Waals surface area contributed by atoms with Crippen molar-refractivity contribution in [3.8, 4) is 0 Å². The van der Waals surface area contributed by atoms with Crippen molar-refractivity contribution in [1.82, 2.24) is 4.90 Å². The van der Waals surface area contributed by atoms with Crippen LogP contribution in [0.15, 0.2) is 24.3 Å². The first-order chi connectivity index (χ1) is 10.9. The van der Waals surface area contributed by atoms with Crippen molar-refractivity contribution >= 4 is 30.3 Å². The number of benzene rings is 1. The topological polar surface area (TPSA) is 116 Å². The zero-order valence-corrected chi connectivity index (χ0v) is 13.1. The molecule has 1 heterocycles. The van der Waals surface area contributed by atoms with Crippen LogP contribution in [0.4, 0.5) is 10.5 Å². The number of likely N-dealkylation sites (tertiary alicyclic amines) is 1. The van der Waals surface area contributed by atoms with Gasteiger partial charge in [-0.3, -0.25) is 14.9 Å². The molecule has 8 nitrogen and oxygen atoms in total. The smallest absolute Gasteiger partial charge is 0.410 e. The Labute approximate surface area is 138 Å². The standard InChI is InChI=1S/C14H17N3O5S/c15-13(18)6-11-5-12(23)7-16(11)14(19)22-8-9-1-3-10(4-2-9)17(20)21/h1-4,11-12,23H,5-8H2,(H2,15,18)/t11-,12-/m0/s1. The lowest BCUT2D eigenvalue weighted by Crippen LogP contribution is -2.38. The minimum absolute atomic E-state index is 0.00609. The Morgan fingerprint density at radius 3 is 2.61 bits per heavy atom. The maximum Gasteiger partial charge on any atom is 0.410 e. The van der Waals surface area contributed by atoms with E-state index in [0.717, 1.165) is 0 Å². The van der Waals surface area contributed by atoms with E-state index in [1.165, 1.54) is 29.2 Å². The van der Waals surface area contributed by atoms with Gasteiger partial charge in [0.15, 0.2) is 0 Å². The molecule has 2 N–H and O–H groups in total. The summed E-state index contributed by atoms with van der Waals surface area (Å²) in [7, 11) is 0. The maximum atomic E-state index is 12.1. The van der Waals surface area contributed by atoms with E-state index < -0.39 is 16.9 Å². The van der Waals surface area contributed by atoms with Gasteiger partial charge in [0.05, 0.1) is 4.92 Å². The van der Waals surface area contributed by atoms with Crippen LogP contribution in [-0.4, -0.2) is 39.7 Å². The number of carbonyl (C=O) groups is 2. The lowest BCUT2D eigenvalue weighted by atomic mass is 10.1. The average Bonchev–Trinajstić information content (AvgIpc) is 2.85. The molecule has 0 spiro atoms. The van der Waals surface area contributed by atoms with Crippen molar-refractivity contribution in [2.45, 2.75) is 30.7 Å². The zero-order valence-electron chi connectivity index (χ0n) is 12.3. The number of hydrogen-bond acceptors (Lipinski definition) is 6. The molecule has 1 saturated heterocycles. The molecule has 1 aromatic rings. The van der Waals surface area contributed by atoms with Gasteiger partial charge >= 0.3 is 6.09 Å². The van der Waals surface area contributed by atoms with Gasteiger partial charge in [0.25, 0.3) is 5.69 Å². The minimum atomic E-state index is -0.550. The third-order valence-corrected chi connectivity index (χ3v) is 3.95. The molecule has 23 heavy (non-hydrogen) atoms. The summed E-state index contributed by atoms with van der Waals surface area (Å²) in [4.78, 5) is 34.7. The highest BCUT2D eigenvalue weighted by Crippen LogP contribution is 2.25. The number of primary amides is 1.